The number of benzene rings is 2. The van der Waals surface area contributed by atoms with Crippen LogP contribution in [-0.2, 0) is 0 Å². The smallest absolute Gasteiger partial charge is 0.335 e. The van der Waals surface area contributed by atoms with Crippen molar-refractivity contribution in [2.45, 2.75) is 6.04 Å². The van der Waals surface area contributed by atoms with Gasteiger partial charge in [-0.15, -0.1) is 0 Å². The Morgan fingerprint density at radius 3 is 1.30 bits per heavy atom. The van der Waals surface area contributed by atoms with Crippen molar-refractivity contribution in [2.75, 3.05) is 0 Å². The topological polar surface area (TPSA) is 101 Å². The molecule has 5 nitrogen and oxygen atoms in total. The zero-order valence-electron chi connectivity index (χ0n) is 10.5. The molecule has 4 N–H and O–H groups in total. The first-order chi connectivity index (χ1) is 9.49. The number of nitrogens with two attached hydrogens (primary N) is 1. The summed E-state index contributed by atoms with van der Waals surface area (Å²) >= 11 is 0. The quantitative estimate of drug-likeness (QED) is 0.790. The first-order valence-electron chi connectivity index (χ1n) is 5.91. The molecule has 0 aliphatic heterocycles. The highest BCUT2D eigenvalue weighted by atomic mass is 16.4. The molecule has 20 heavy (non-hydrogen) atoms. The van der Waals surface area contributed by atoms with E-state index in [-0.39, 0.29) is 11.1 Å². The van der Waals surface area contributed by atoms with Crippen LogP contribution in [0.1, 0.15) is 37.9 Å². The third-order valence-electron chi connectivity index (χ3n) is 3.03. The van der Waals surface area contributed by atoms with Gasteiger partial charge in [-0.05, 0) is 35.4 Å². The van der Waals surface area contributed by atoms with E-state index in [4.69, 9.17) is 15.9 Å². The van der Waals surface area contributed by atoms with E-state index in [0.717, 1.165) is 11.1 Å². The first-order valence-corrected chi connectivity index (χ1v) is 5.91. The highest BCUT2D eigenvalue weighted by Gasteiger charge is 2.11. The molecule has 0 unspecified atom stereocenters. The fraction of sp³-hybridized carbons (Fsp3) is 0.0667. The Kier molecular flexibility index (Phi) is 3.81. The SMILES string of the molecule is NC(c1ccc(C(=O)O)cc1)c1ccc(C(=O)O)cc1. The second-order valence-corrected chi connectivity index (χ2v) is 4.33. The molecular formula is C15H13NO4. The first kappa shape index (κ1) is 13.8. The largest absolute Gasteiger partial charge is 0.478 e. The van der Waals surface area contributed by atoms with Crippen LogP contribution in [0.3, 0.4) is 0 Å². The lowest BCUT2D eigenvalue weighted by molar-refractivity contribution is 0.0686. The minimum absolute atomic E-state index is 0.196. The monoisotopic (exact) mass is 271 g/mol. The molecule has 0 heterocycles. The van der Waals surface area contributed by atoms with Crippen LogP contribution in [0.2, 0.25) is 0 Å². The Morgan fingerprint density at radius 1 is 0.750 bits per heavy atom. The molecule has 0 atom stereocenters. The van der Waals surface area contributed by atoms with Gasteiger partial charge in [0.15, 0.2) is 0 Å². The molecule has 2 aromatic rings. The maximum Gasteiger partial charge on any atom is 0.335 e. The summed E-state index contributed by atoms with van der Waals surface area (Å²) in [6.45, 7) is 0. The van der Waals surface area contributed by atoms with Gasteiger partial charge in [0.25, 0.3) is 0 Å². The van der Waals surface area contributed by atoms with Gasteiger partial charge in [0.2, 0.25) is 0 Å². The number of carbonyl (C=O) groups is 2. The summed E-state index contributed by atoms with van der Waals surface area (Å²) in [5, 5.41) is 17.7. The van der Waals surface area contributed by atoms with Crippen LogP contribution in [0.5, 0.6) is 0 Å². The summed E-state index contributed by atoms with van der Waals surface area (Å²) in [4.78, 5) is 21.5. The molecule has 0 amide bonds. The fourth-order valence-corrected chi connectivity index (χ4v) is 1.86. The molecule has 0 spiro atoms. The zero-order valence-corrected chi connectivity index (χ0v) is 10.5. The van der Waals surface area contributed by atoms with Gasteiger partial charge < -0.3 is 15.9 Å². The van der Waals surface area contributed by atoms with Crippen LogP contribution >= 0.6 is 0 Å². The third-order valence-corrected chi connectivity index (χ3v) is 3.03. The summed E-state index contributed by atoms with van der Waals surface area (Å²) in [6.07, 6.45) is 0. The van der Waals surface area contributed by atoms with Crippen LogP contribution < -0.4 is 5.73 Å². The molecule has 2 aromatic carbocycles. The molecule has 0 fully saturated rings. The highest BCUT2D eigenvalue weighted by molar-refractivity contribution is 5.88. The van der Waals surface area contributed by atoms with E-state index >= 15 is 0 Å². The molecule has 0 saturated carbocycles. The molecular weight excluding hydrogens is 258 g/mol. The van der Waals surface area contributed by atoms with Crippen molar-refractivity contribution in [1.82, 2.24) is 0 Å². The molecule has 0 aliphatic carbocycles. The van der Waals surface area contributed by atoms with Crippen molar-refractivity contribution in [3.8, 4) is 0 Å². The molecule has 0 aromatic heterocycles. The number of carboxylic acids is 2. The summed E-state index contributed by atoms with van der Waals surface area (Å²) in [5.74, 6) is -1.98. The second kappa shape index (κ2) is 5.54. The fourth-order valence-electron chi connectivity index (χ4n) is 1.86. The van der Waals surface area contributed by atoms with Crippen LogP contribution in [0.4, 0.5) is 0 Å². The predicted octanol–water partition coefficient (Wildman–Crippen LogP) is 2.13. The van der Waals surface area contributed by atoms with Crippen LogP contribution in [0.25, 0.3) is 0 Å². The van der Waals surface area contributed by atoms with Crippen molar-refractivity contribution in [1.29, 1.82) is 0 Å². The summed E-state index contributed by atoms with van der Waals surface area (Å²) in [5.41, 5.74) is 7.99. The van der Waals surface area contributed by atoms with Gasteiger partial charge in [0.05, 0.1) is 17.2 Å². The number of hydrogen-bond donors (Lipinski definition) is 3. The average molecular weight is 271 g/mol. The number of carboxylic acid groups (broad SMARTS) is 2. The molecule has 102 valence electrons. The van der Waals surface area contributed by atoms with Crippen molar-refractivity contribution in [2.24, 2.45) is 5.73 Å². The van der Waals surface area contributed by atoms with Gasteiger partial charge in [0.1, 0.15) is 0 Å². The lowest BCUT2D eigenvalue weighted by Gasteiger charge is -2.13. The Bertz CT molecular complexity index is 574. The van der Waals surface area contributed by atoms with Crippen LogP contribution in [-0.4, -0.2) is 22.2 Å². The van der Waals surface area contributed by atoms with Crippen molar-refractivity contribution in [3.63, 3.8) is 0 Å². The van der Waals surface area contributed by atoms with Gasteiger partial charge in [0, 0.05) is 0 Å². The summed E-state index contributed by atoms with van der Waals surface area (Å²) in [6, 6.07) is 12.1. The third kappa shape index (κ3) is 2.84. The Labute approximate surface area is 115 Å². The lowest BCUT2D eigenvalue weighted by Crippen LogP contribution is -2.12. The summed E-state index contributed by atoms with van der Waals surface area (Å²) in [7, 11) is 0. The Balaban J connectivity index is 2.24. The Hall–Kier alpha value is -2.66. The van der Waals surface area contributed by atoms with Crippen molar-refractivity contribution < 1.29 is 19.8 Å². The average Bonchev–Trinajstić information content (AvgIpc) is 2.46. The zero-order chi connectivity index (χ0) is 14.7. The van der Waals surface area contributed by atoms with E-state index in [1.165, 1.54) is 24.3 Å². The maximum absolute atomic E-state index is 10.8. The molecule has 0 bridgehead atoms. The minimum atomic E-state index is -0.990. The van der Waals surface area contributed by atoms with E-state index in [2.05, 4.69) is 0 Å². The summed E-state index contributed by atoms with van der Waals surface area (Å²) < 4.78 is 0. The molecule has 0 radical (unpaired) electrons. The van der Waals surface area contributed by atoms with E-state index in [9.17, 15) is 9.59 Å². The van der Waals surface area contributed by atoms with Gasteiger partial charge in [-0.25, -0.2) is 9.59 Å². The number of aromatic carboxylic acids is 2. The number of hydrogen-bond acceptors (Lipinski definition) is 3. The predicted molar refractivity (Wildman–Crippen MR) is 72.8 cm³/mol. The van der Waals surface area contributed by atoms with Crippen LogP contribution in [0, 0.1) is 0 Å². The minimum Gasteiger partial charge on any atom is -0.478 e. The molecule has 5 heteroatoms. The van der Waals surface area contributed by atoms with Gasteiger partial charge in [-0.3, -0.25) is 0 Å². The highest BCUT2D eigenvalue weighted by Crippen LogP contribution is 2.20. The van der Waals surface area contributed by atoms with Gasteiger partial charge in [-0.2, -0.15) is 0 Å². The lowest BCUT2D eigenvalue weighted by atomic mass is 9.98. The molecule has 2 rings (SSSR count). The van der Waals surface area contributed by atoms with E-state index in [1.807, 2.05) is 0 Å². The van der Waals surface area contributed by atoms with E-state index in [1.54, 1.807) is 24.3 Å². The van der Waals surface area contributed by atoms with Gasteiger partial charge in [-0.1, -0.05) is 24.3 Å². The van der Waals surface area contributed by atoms with E-state index in [0.29, 0.717) is 0 Å². The van der Waals surface area contributed by atoms with Crippen molar-refractivity contribution in [3.05, 3.63) is 70.8 Å². The van der Waals surface area contributed by atoms with Gasteiger partial charge >= 0.3 is 11.9 Å². The molecule has 0 saturated heterocycles. The van der Waals surface area contributed by atoms with Crippen molar-refractivity contribution >= 4 is 11.9 Å². The second-order valence-electron chi connectivity index (χ2n) is 4.33. The van der Waals surface area contributed by atoms with E-state index < -0.39 is 18.0 Å². The van der Waals surface area contributed by atoms with Crippen LogP contribution in [0.15, 0.2) is 48.5 Å². The number of rotatable bonds is 4. The maximum atomic E-state index is 10.8. The standard InChI is InChI=1S/C15H13NO4/c16-13(9-1-5-11(6-2-9)14(17)18)10-3-7-12(8-4-10)15(19)20/h1-8,13H,16H2,(H,17,18)(H,19,20). The molecule has 0 aliphatic rings. The Morgan fingerprint density at radius 2 is 1.05 bits per heavy atom. The normalized spacial score (nSPS) is 10.5.